The molecular formula is C13H14N2O. The first-order chi connectivity index (χ1) is 7.81. The van der Waals surface area contributed by atoms with E-state index in [-0.39, 0.29) is 0 Å². The van der Waals surface area contributed by atoms with Crippen molar-refractivity contribution < 1.29 is 5.11 Å². The monoisotopic (exact) mass is 214 g/mol. The largest absolute Gasteiger partial charge is 0.384 e. The third-order valence-electron chi connectivity index (χ3n) is 2.55. The number of nitrogens with zero attached hydrogens (tertiary/aromatic N) is 1. The average molecular weight is 214 g/mol. The number of nitrogens with two attached hydrogens (primary N) is 1. The molecule has 3 N–H and O–H groups in total. The highest BCUT2D eigenvalue weighted by Gasteiger charge is 2.09. The zero-order valence-electron chi connectivity index (χ0n) is 8.88. The molecule has 1 heterocycles. The summed E-state index contributed by atoms with van der Waals surface area (Å²) < 4.78 is 0. The van der Waals surface area contributed by atoms with Crippen LogP contribution < -0.4 is 5.73 Å². The Morgan fingerprint density at radius 3 is 2.12 bits per heavy atom. The first kappa shape index (κ1) is 10.8. The van der Waals surface area contributed by atoms with Crippen molar-refractivity contribution in [1.82, 2.24) is 4.98 Å². The van der Waals surface area contributed by atoms with Crippen molar-refractivity contribution in [1.29, 1.82) is 0 Å². The summed E-state index contributed by atoms with van der Waals surface area (Å²) in [5.41, 5.74) is 8.28. The molecule has 0 radical (unpaired) electrons. The molecule has 16 heavy (non-hydrogen) atoms. The number of hydrogen-bond donors (Lipinski definition) is 2. The maximum atomic E-state index is 10.1. The number of aliphatic hydroxyl groups is 1. The maximum absolute atomic E-state index is 10.1. The van der Waals surface area contributed by atoms with Crippen LogP contribution in [0.3, 0.4) is 0 Å². The highest BCUT2D eigenvalue weighted by atomic mass is 16.3. The lowest BCUT2D eigenvalue weighted by Crippen LogP contribution is -2.01. The van der Waals surface area contributed by atoms with Crippen LogP contribution >= 0.6 is 0 Å². The fourth-order valence-electron chi connectivity index (χ4n) is 1.57. The van der Waals surface area contributed by atoms with Gasteiger partial charge in [0.15, 0.2) is 0 Å². The molecule has 0 aliphatic carbocycles. The maximum Gasteiger partial charge on any atom is 0.104 e. The van der Waals surface area contributed by atoms with Gasteiger partial charge in [-0.1, -0.05) is 24.3 Å². The smallest absolute Gasteiger partial charge is 0.104 e. The van der Waals surface area contributed by atoms with E-state index >= 15 is 0 Å². The molecule has 1 atom stereocenters. The molecule has 3 nitrogen and oxygen atoms in total. The minimum Gasteiger partial charge on any atom is -0.384 e. The highest BCUT2D eigenvalue weighted by Crippen LogP contribution is 2.21. The highest BCUT2D eigenvalue weighted by molar-refractivity contribution is 5.30. The van der Waals surface area contributed by atoms with Gasteiger partial charge in [-0.15, -0.1) is 0 Å². The molecule has 0 aliphatic heterocycles. The van der Waals surface area contributed by atoms with E-state index < -0.39 is 6.10 Å². The molecule has 0 saturated heterocycles. The molecule has 0 bridgehead atoms. The molecule has 0 aliphatic rings. The van der Waals surface area contributed by atoms with Gasteiger partial charge in [-0.3, -0.25) is 4.98 Å². The summed E-state index contributed by atoms with van der Waals surface area (Å²) in [5, 5.41) is 10.1. The van der Waals surface area contributed by atoms with Gasteiger partial charge in [-0.05, 0) is 28.8 Å². The summed E-state index contributed by atoms with van der Waals surface area (Å²) in [7, 11) is 0. The zero-order chi connectivity index (χ0) is 11.4. The summed E-state index contributed by atoms with van der Waals surface area (Å²) in [6.07, 6.45) is 2.74. The molecular weight excluding hydrogens is 200 g/mol. The minimum atomic E-state index is -0.602. The number of hydrogen-bond acceptors (Lipinski definition) is 3. The second-order valence-electron chi connectivity index (χ2n) is 3.63. The molecule has 0 amide bonds. The van der Waals surface area contributed by atoms with Gasteiger partial charge in [0.05, 0.1) is 0 Å². The molecule has 2 aromatic rings. The lowest BCUT2D eigenvalue weighted by molar-refractivity contribution is 0.220. The van der Waals surface area contributed by atoms with E-state index in [9.17, 15) is 5.11 Å². The summed E-state index contributed by atoms with van der Waals surface area (Å²) in [6.45, 7) is 0.519. The quantitative estimate of drug-likeness (QED) is 0.816. The van der Waals surface area contributed by atoms with Crippen molar-refractivity contribution >= 4 is 0 Å². The van der Waals surface area contributed by atoms with Gasteiger partial charge >= 0.3 is 0 Å². The van der Waals surface area contributed by atoms with Crippen LogP contribution in [-0.2, 0) is 6.54 Å². The molecule has 2 rings (SSSR count). The molecule has 1 aromatic heterocycles. The standard InChI is InChI=1S/C13H14N2O/c14-9-10-1-3-11(4-2-10)13(16)12-5-7-15-8-6-12/h1-8,13,16H,9,14H2. The Morgan fingerprint density at radius 1 is 1.00 bits per heavy atom. The van der Waals surface area contributed by atoms with E-state index in [4.69, 9.17) is 5.73 Å². The van der Waals surface area contributed by atoms with Crippen molar-refractivity contribution in [2.24, 2.45) is 5.73 Å². The number of aromatic nitrogens is 1. The third kappa shape index (κ3) is 2.27. The van der Waals surface area contributed by atoms with Crippen LogP contribution in [0.15, 0.2) is 48.8 Å². The average Bonchev–Trinajstić information content (AvgIpc) is 2.39. The third-order valence-corrected chi connectivity index (χ3v) is 2.55. The van der Waals surface area contributed by atoms with Crippen molar-refractivity contribution in [3.05, 3.63) is 65.5 Å². The number of aliphatic hydroxyl groups excluding tert-OH is 1. The molecule has 0 saturated carbocycles. The first-order valence-electron chi connectivity index (χ1n) is 5.18. The van der Waals surface area contributed by atoms with Gasteiger partial charge in [0, 0.05) is 18.9 Å². The zero-order valence-corrected chi connectivity index (χ0v) is 8.88. The summed E-state index contributed by atoms with van der Waals surface area (Å²) in [5.74, 6) is 0. The number of benzene rings is 1. The molecule has 3 heteroatoms. The fourth-order valence-corrected chi connectivity index (χ4v) is 1.57. The van der Waals surface area contributed by atoms with Crippen molar-refractivity contribution in [3.8, 4) is 0 Å². The molecule has 0 spiro atoms. The molecule has 1 unspecified atom stereocenters. The lowest BCUT2D eigenvalue weighted by Gasteiger charge is -2.11. The van der Waals surface area contributed by atoms with Crippen molar-refractivity contribution in [3.63, 3.8) is 0 Å². The van der Waals surface area contributed by atoms with Gasteiger partial charge in [0.2, 0.25) is 0 Å². The Bertz CT molecular complexity index is 439. The predicted octanol–water partition coefficient (Wildman–Crippen LogP) is 1.62. The van der Waals surface area contributed by atoms with Gasteiger partial charge in [-0.25, -0.2) is 0 Å². The predicted molar refractivity (Wildman–Crippen MR) is 62.6 cm³/mol. The fraction of sp³-hybridized carbons (Fsp3) is 0.154. The van der Waals surface area contributed by atoms with Gasteiger partial charge in [0.25, 0.3) is 0 Å². The van der Waals surface area contributed by atoms with Crippen LogP contribution in [0, 0.1) is 0 Å². The van der Waals surface area contributed by atoms with Crippen LogP contribution in [0.5, 0.6) is 0 Å². The molecule has 82 valence electrons. The van der Waals surface area contributed by atoms with Crippen molar-refractivity contribution in [2.75, 3.05) is 0 Å². The van der Waals surface area contributed by atoms with E-state index in [0.717, 1.165) is 16.7 Å². The molecule has 0 fully saturated rings. The second kappa shape index (κ2) is 4.88. The summed E-state index contributed by atoms with van der Waals surface area (Å²) in [4.78, 5) is 3.92. The van der Waals surface area contributed by atoms with E-state index in [1.165, 1.54) is 0 Å². The normalized spacial score (nSPS) is 12.4. The lowest BCUT2D eigenvalue weighted by atomic mass is 10.0. The van der Waals surface area contributed by atoms with E-state index in [0.29, 0.717) is 6.54 Å². The van der Waals surface area contributed by atoms with E-state index in [1.807, 2.05) is 36.4 Å². The molecule has 1 aromatic carbocycles. The Balaban J connectivity index is 2.24. The Labute approximate surface area is 94.6 Å². The summed E-state index contributed by atoms with van der Waals surface area (Å²) >= 11 is 0. The first-order valence-corrected chi connectivity index (χ1v) is 5.18. The Kier molecular flexibility index (Phi) is 3.29. The van der Waals surface area contributed by atoms with Crippen LogP contribution in [0.1, 0.15) is 22.8 Å². The van der Waals surface area contributed by atoms with Crippen LogP contribution in [0.2, 0.25) is 0 Å². The number of pyridine rings is 1. The Hall–Kier alpha value is -1.71. The van der Waals surface area contributed by atoms with E-state index in [2.05, 4.69) is 4.98 Å². The van der Waals surface area contributed by atoms with Gasteiger partial charge < -0.3 is 10.8 Å². The van der Waals surface area contributed by atoms with Crippen molar-refractivity contribution in [2.45, 2.75) is 12.6 Å². The minimum absolute atomic E-state index is 0.519. The van der Waals surface area contributed by atoms with Gasteiger partial charge in [-0.2, -0.15) is 0 Å². The van der Waals surface area contributed by atoms with E-state index in [1.54, 1.807) is 12.4 Å². The van der Waals surface area contributed by atoms with Crippen LogP contribution in [0.25, 0.3) is 0 Å². The van der Waals surface area contributed by atoms with Crippen LogP contribution in [0.4, 0.5) is 0 Å². The Morgan fingerprint density at radius 2 is 1.56 bits per heavy atom. The second-order valence-corrected chi connectivity index (χ2v) is 3.63. The SMILES string of the molecule is NCc1ccc(C(O)c2ccncc2)cc1. The topological polar surface area (TPSA) is 59.1 Å². The summed E-state index contributed by atoms with van der Waals surface area (Å²) in [6, 6.07) is 11.3. The van der Waals surface area contributed by atoms with Gasteiger partial charge in [0.1, 0.15) is 6.10 Å². The number of rotatable bonds is 3. The van der Waals surface area contributed by atoms with Crippen LogP contribution in [-0.4, -0.2) is 10.1 Å².